The Morgan fingerprint density at radius 3 is 2.58 bits per heavy atom. The van der Waals surface area contributed by atoms with Crippen molar-refractivity contribution in [2.75, 3.05) is 27.9 Å². The van der Waals surface area contributed by atoms with E-state index in [1.165, 1.54) is 20.4 Å². The Kier molecular flexibility index (Phi) is 9.23. The summed E-state index contributed by atoms with van der Waals surface area (Å²) < 4.78 is 22.5. The van der Waals surface area contributed by atoms with Gasteiger partial charge in [0.25, 0.3) is 5.91 Å². The summed E-state index contributed by atoms with van der Waals surface area (Å²) in [4.78, 5) is 16.4. The molecule has 0 atom stereocenters. The van der Waals surface area contributed by atoms with Crippen molar-refractivity contribution in [3.63, 3.8) is 0 Å². The first-order valence-corrected chi connectivity index (χ1v) is 10.4. The number of hydrazone groups is 1. The molecule has 0 saturated heterocycles. The lowest BCUT2D eigenvalue weighted by atomic mass is 10.1. The molecule has 0 spiro atoms. The fraction of sp³-hybridized carbons (Fsp3) is 0.300. The zero-order chi connectivity index (χ0) is 23.0. The first kappa shape index (κ1) is 24.6. The van der Waals surface area contributed by atoms with E-state index in [4.69, 9.17) is 18.9 Å². The molecule has 164 valence electrons. The fourth-order valence-electron chi connectivity index (χ4n) is 2.54. The molecule has 0 saturated carbocycles. The number of ether oxygens (including phenoxy) is 4. The highest BCUT2D eigenvalue weighted by Crippen LogP contribution is 2.32. The molecule has 11 heteroatoms. The van der Waals surface area contributed by atoms with E-state index in [1.54, 1.807) is 26.2 Å². The summed E-state index contributed by atoms with van der Waals surface area (Å²) >= 11 is 6.79. The largest absolute Gasteiger partial charge is 0.496 e. The van der Waals surface area contributed by atoms with E-state index in [0.29, 0.717) is 37.3 Å². The van der Waals surface area contributed by atoms with Crippen molar-refractivity contribution in [1.82, 2.24) is 10.4 Å². The SMILES string of the molecule is COCc1c(Br)c(C)nc(OCC(=O)N/N=C\c2cc(Br)c(OC)cc2OC)c1C#N. The standard InChI is InChI=1S/C20H20Br2N4O5/c1-11-19(22)14(9-28-2)13(7-23)20(25-11)31-10-18(27)26-24-8-12-5-15(21)17(30-4)6-16(12)29-3/h5-6,8H,9-10H2,1-4H3,(H,26,27)/b24-8-. The molecule has 1 N–H and O–H groups in total. The maximum absolute atomic E-state index is 12.1. The second kappa shape index (κ2) is 11.6. The number of amides is 1. The van der Waals surface area contributed by atoms with Crippen LogP contribution in [0.2, 0.25) is 0 Å². The normalized spacial score (nSPS) is 10.6. The van der Waals surface area contributed by atoms with E-state index in [2.05, 4.69) is 47.4 Å². The molecule has 0 radical (unpaired) electrons. The van der Waals surface area contributed by atoms with Crippen molar-refractivity contribution < 1.29 is 23.7 Å². The quantitative estimate of drug-likeness (QED) is 0.372. The number of methoxy groups -OCH3 is 3. The van der Waals surface area contributed by atoms with Gasteiger partial charge in [0.1, 0.15) is 23.1 Å². The number of halogens is 2. The van der Waals surface area contributed by atoms with Crippen molar-refractivity contribution >= 4 is 44.0 Å². The monoisotopic (exact) mass is 554 g/mol. The number of rotatable bonds is 9. The third-order valence-electron chi connectivity index (χ3n) is 4.00. The third kappa shape index (κ3) is 6.16. The molecule has 1 amide bonds. The van der Waals surface area contributed by atoms with Crippen molar-refractivity contribution in [3.8, 4) is 23.4 Å². The minimum Gasteiger partial charge on any atom is -0.496 e. The van der Waals surface area contributed by atoms with Crippen LogP contribution < -0.4 is 19.6 Å². The molecule has 0 bridgehead atoms. The molecule has 31 heavy (non-hydrogen) atoms. The highest BCUT2D eigenvalue weighted by Gasteiger charge is 2.18. The number of hydrogen-bond donors (Lipinski definition) is 1. The number of carbonyl (C=O) groups is 1. The molecule has 0 aliphatic carbocycles. The summed E-state index contributed by atoms with van der Waals surface area (Å²) in [6, 6.07) is 5.48. The lowest BCUT2D eigenvalue weighted by Crippen LogP contribution is -2.25. The van der Waals surface area contributed by atoms with Crippen LogP contribution in [0, 0.1) is 18.3 Å². The summed E-state index contributed by atoms with van der Waals surface area (Å²) in [5, 5.41) is 13.4. The lowest BCUT2D eigenvalue weighted by molar-refractivity contribution is -0.123. The van der Waals surface area contributed by atoms with E-state index in [9.17, 15) is 10.1 Å². The number of hydrogen-bond acceptors (Lipinski definition) is 8. The van der Waals surface area contributed by atoms with Gasteiger partial charge in [-0.15, -0.1) is 0 Å². The van der Waals surface area contributed by atoms with Crippen LogP contribution in [0.25, 0.3) is 0 Å². The molecule has 1 heterocycles. The van der Waals surface area contributed by atoms with Crippen LogP contribution in [0.15, 0.2) is 26.2 Å². The van der Waals surface area contributed by atoms with Crippen molar-refractivity contribution in [3.05, 3.63) is 43.5 Å². The van der Waals surface area contributed by atoms with Gasteiger partial charge in [-0.3, -0.25) is 4.79 Å². The van der Waals surface area contributed by atoms with Gasteiger partial charge in [0.05, 0.1) is 37.2 Å². The summed E-state index contributed by atoms with van der Waals surface area (Å²) in [5.74, 6) is 0.649. The molecule has 2 aromatic rings. The van der Waals surface area contributed by atoms with Crippen molar-refractivity contribution in [1.29, 1.82) is 5.26 Å². The number of benzene rings is 1. The maximum Gasteiger partial charge on any atom is 0.278 e. The van der Waals surface area contributed by atoms with E-state index >= 15 is 0 Å². The second-order valence-corrected chi connectivity index (χ2v) is 7.67. The van der Waals surface area contributed by atoms with Crippen LogP contribution in [0.4, 0.5) is 0 Å². The molecule has 2 rings (SSSR count). The Balaban J connectivity index is 2.09. The van der Waals surface area contributed by atoms with E-state index < -0.39 is 5.91 Å². The minimum atomic E-state index is -0.526. The lowest BCUT2D eigenvalue weighted by Gasteiger charge is -2.13. The minimum absolute atomic E-state index is 0.0510. The van der Waals surface area contributed by atoms with Crippen LogP contribution in [-0.2, 0) is 16.1 Å². The van der Waals surface area contributed by atoms with Crippen molar-refractivity contribution in [2.45, 2.75) is 13.5 Å². The molecule has 0 aliphatic heterocycles. The number of aromatic nitrogens is 1. The molecule has 0 unspecified atom stereocenters. The number of nitrogens with one attached hydrogen (secondary N) is 1. The maximum atomic E-state index is 12.1. The number of aryl methyl sites for hydroxylation is 1. The van der Waals surface area contributed by atoms with Crippen LogP contribution in [0.3, 0.4) is 0 Å². The summed E-state index contributed by atoms with van der Waals surface area (Å²) in [6.45, 7) is 1.57. The van der Waals surface area contributed by atoms with Gasteiger partial charge in [-0.25, -0.2) is 10.4 Å². The summed E-state index contributed by atoms with van der Waals surface area (Å²) in [7, 11) is 4.58. The Labute approximate surface area is 196 Å². The topological polar surface area (TPSA) is 115 Å². The van der Waals surface area contributed by atoms with Crippen LogP contribution >= 0.6 is 31.9 Å². The Morgan fingerprint density at radius 2 is 1.97 bits per heavy atom. The number of nitriles is 1. The van der Waals surface area contributed by atoms with Gasteiger partial charge in [0.2, 0.25) is 5.88 Å². The van der Waals surface area contributed by atoms with Crippen LogP contribution in [-0.4, -0.2) is 45.0 Å². The molecule has 1 aromatic carbocycles. The number of carbonyl (C=O) groups excluding carboxylic acids is 1. The van der Waals surface area contributed by atoms with Gasteiger partial charge in [-0.2, -0.15) is 10.4 Å². The Hall–Kier alpha value is -2.68. The van der Waals surface area contributed by atoms with E-state index in [1.807, 2.05) is 6.07 Å². The predicted octanol–water partition coefficient (Wildman–Crippen LogP) is 3.48. The van der Waals surface area contributed by atoms with E-state index in [-0.39, 0.29) is 24.7 Å². The zero-order valence-electron chi connectivity index (χ0n) is 17.3. The van der Waals surface area contributed by atoms with Gasteiger partial charge in [-0.1, -0.05) is 0 Å². The summed E-state index contributed by atoms with van der Waals surface area (Å²) in [5.41, 5.74) is 4.39. The number of pyridine rings is 1. The summed E-state index contributed by atoms with van der Waals surface area (Å²) in [6.07, 6.45) is 1.43. The first-order chi connectivity index (χ1) is 14.9. The second-order valence-electron chi connectivity index (χ2n) is 6.03. The molecule has 9 nitrogen and oxygen atoms in total. The first-order valence-electron chi connectivity index (χ1n) is 8.80. The van der Waals surface area contributed by atoms with E-state index in [0.717, 1.165) is 0 Å². The molecule has 0 fully saturated rings. The van der Waals surface area contributed by atoms with Gasteiger partial charge in [0, 0.05) is 28.8 Å². The van der Waals surface area contributed by atoms with Crippen molar-refractivity contribution in [2.24, 2.45) is 5.10 Å². The Bertz CT molecular complexity index is 1040. The highest BCUT2D eigenvalue weighted by atomic mass is 79.9. The molecular weight excluding hydrogens is 536 g/mol. The number of nitrogens with zero attached hydrogens (tertiary/aromatic N) is 3. The smallest absolute Gasteiger partial charge is 0.278 e. The zero-order valence-corrected chi connectivity index (χ0v) is 20.5. The Morgan fingerprint density at radius 1 is 1.26 bits per heavy atom. The van der Waals surface area contributed by atoms with Crippen LogP contribution in [0.1, 0.15) is 22.4 Å². The average Bonchev–Trinajstić information content (AvgIpc) is 2.76. The average molecular weight is 556 g/mol. The predicted molar refractivity (Wildman–Crippen MR) is 121 cm³/mol. The third-order valence-corrected chi connectivity index (χ3v) is 5.68. The van der Waals surface area contributed by atoms with Crippen LogP contribution in [0.5, 0.6) is 17.4 Å². The van der Waals surface area contributed by atoms with Gasteiger partial charge >= 0.3 is 0 Å². The van der Waals surface area contributed by atoms with Gasteiger partial charge in [0.15, 0.2) is 6.61 Å². The molecular formula is C20H20Br2N4O5. The van der Waals surface area contributed by atoms with Gasteiger partial charge in [-0.05, 0) is 44.8 Å². The fourth-order valence-corrected chi connectivity index (χ4v) is 3.46. The highest BCUT2D eigenvalue weighted by molar-refractivity contribution is 9.10. The molecule has 1 aromatic heterocycles. The van der Waals surface area contributed by atoms with Gasteiger partial charge < -0.3 is 18.9 Å². The molecule has 0 aliphatic rings.